The molecule has 4 rings (SSSR count). The lowest BCUT2D eigenvalue weighted by atomic mass is 9.76. The fourth-order valence-corrected chi connectivity index (χ4v) is 4.61. The highest BCUT2D eigenvalue weighted by Crippen LogP contribution is 2.44. The minimum atomic E-state index is 0.374. The maximum absolute atomic E-state index is 3.57. The van der Waals surface area contributed by atoms with Gasteiger partial charge < -0.3 is 5.32 Å². The third kappa shape index (κ3) is 1.70. The van der Waals surface area contributed by atoms with Crippen LogP contribution in [-0.4, -0.2) is 36.6 Å². The van der Waals surface area contributed by atoms with Crippen LogP contribution >= 0.6 is 0 Å². The third-order valence-corrected chi connectivity index (χ3v) is 5.92. The molecule has 0 amide bonds. The van der Waals surface area contributed by atoms with E-state index >= 15 is 0 Å². The normalized spacial score (nSPS) is 35.8. The highest BCUT2D eigenvalue weighted by atomic mass is 15.2. The molecule has 0 spiro atoms. The summed E-state index contributed by atoms with van der Waals surface area (Å²) in [6, 6.07) is 8.98. The summed E-state index contributed by atoms with van der Waals surface area (Å²) >= 11 is 0. The van der Waals surface area contributed by atoms with Crippen molar-refractivity contribution in [3.63, 3.8) is 0 Å². The van der Waals surface area contributed by atoms with Crippen LogP contribution < -0.4 is 5.32 Å². The monoisotopic (exact) mass is 256 g/mol. The lowest BCUT2D eigenvalue weighted by molar-refractivity contribution is 0.127. The van der Waals surface area contributed by atoms with E-state index in [4.69, 9.17) is 0 Å². The van der Waals surface area contributed by atoms with Gasteiger partial charge in [0.2, 0.25) is 0 Å². The first-order chi connectivity index (χ1) is 9.16. The van der Waals surface area contributed by atoms with Crippen molar-refractivity contribution in [3.05, 3.63) is 35.4 Å². The van der Waals surface area contributed by atoms with E-state index < -0.39 is 0 Å². The van der Waals surface area contributed by atoms with Crippen LogP contribution in [0, 0.1) is 11.8 Å². The quantitative estimate of drug-likeness (QED) is 0.873. The number of rotatable bonds is 2. The van der Waals surface area contributed by atoms with E-state index in [1.54, 1.807) is 11.1 Å². The van der Waals surface area contributed by atoms with Crippen molar-refractivity contribution in [1.82, 2.24) is 10.2 Å². The van der Waals surface area contributed by atoms with Gasteiger partial charge in [-0.2, -0.15) is 0 Å². The first-order valence-electron chi connectivity index (χ1n) is 7.70. The summed E-state index contributed by atoms with van der Waals surface area (Å²) in [6.07, 6.45) is 1.29. The molecule has 2 aliphatic heterocycles. The van der Waals surface area contributed by atoms with E-state index in [9.17, 15) is 0 Å². The Morgan fingerprint density at radius 2 is 2.11 bits per heavy atom. The summed E-state index contributed by atoms with van der Waals surface area (Å²) < 4.78 is 0. The summed E-state index contributed by atoms with van der Waals surface area (Å²) in [5.74, 6) is 2.51. The van der Waals surface area contributed by atoms with E-state index in [0.717, 1.165) is 17.8 Å². The van der Waals surface area contributed by atoms with E-state index in [1.807, 2.05) is 0 Å². The maximum Gasteiger partial charge on any atom is 0.0197 e. The number of likely N-dealkylation sites (tertiary alicyclic amines) is 1. The largest absolute Gasteiger partial charge is 0.316 e. The smallest absolute Gasteiger partial charge is 0.0197 e. The molecule has 3 aliphatic rings. The topological polar surface area (TPSA) is 15.3 Å². The van der Waals surface area contributed by atoms with Gasteiger partial charge in [0, 0.05) is 31.1 Å². The van der Waals surface area contributed by atoms with Crippen molar-refractivity contribution in [1.29, 1.82) is 0 Å². The van der Waals surface area contributed by atoms with Crippen LogP contribution in [0.25, 0.3) is 0 Å². The van der Waals surface area contributed by atoms with Crippen molar-refractivity contribution in [2.75, 3.05) is 26.2 Å². The lowest BCUT2D eigenvalue weighted by Gasteiger charge is -2.41. The van der Waals surface area contributed by atoms with Gasteiger partial charge >= 0.3 is 0 Å². The Kier molecular flexibility index (Phi) is 2.55. The van der Waals surface area contributed by atoms with Crippen LogP contribution in [0.1, 0.15) is 30.9 Å². The second-order valence-electron chi connectivity index (χ2n) is 7.18. The Morgan fingerprint density at radius 3 is 2.89 bits per heavy atom. The minimum Gasteiger partial charge on any atom is -0.316 e. The van der Waals surface area contributed by atoms with Crippen LogP contribution in [0.4, 0.5) is 0 Å². The van der Waals surface area contributed by atoms with Gasteiger partial charge in [-0.15, -0.1) is 0 Å². The molecule has 0 aromatic heterocycles. The number of hydrogen-bond donors (Lipinski definition) is 1. The standard InChI is InChI=1S/C17H24N2/c1-17(2)16-9-18-8-14(16)11-19(17)10-13-7-12-5-3-4-6-15(12)13/h3-6,13-14,16,18H,7-11H2,1-2H3. The van der Waals surface area contributed by atoms with Crippen molar-refractivity contribution in [2.45, 2.75) is 31.7 Å². The Bertz CT molecular complexity index is 494. The Hall–Kier alpha value is -0.860. The molecule has 3 unspecified atom stereocenters. The van der Waals surface area contributed by atoms with Gasteiger partial charge in [-0.3, -0.25) is 4.90 Å². The summed E-state index contributed by atoms with van der Waals surface area (Å²) in [5, 5.41) is 3.57. The van der Waals surface area contributed by atoms with E-state index in [2.05, 4.69) is 48.3 Å². The van der Waals surface area contributed by atoms with Crippen molar-refractivity contribution >= 4 is 0 Å². The van der Waals surface area contributed by atoms with Gasteiger partial charge in [0.05, 0.1) is 0 Å². The lowest BCUT2D eigenvalue weighted by Crippen LogP contribution is -2.47. The van der Waals surface area contributed by atoms with E-state index in [1.165, 1.54) is 32.6 Å². The molecular weight excluding hydrogens is 232 g/mol. The van der Waals surface area contributed by atoms with Crippen molar-refractivity contribution < 1.29 is 0 Å². The molecule has 1 aliphatic carbocycles. The first-order valence-corrected chi connectivity index (χ1v) is 7.70. The van der Waals surface area contributed by atoms with Crippen LogP contribution in [0.3, 0.4) is 0 Å². The van der Waals surface area contributed by atoms with Gasteiger partial charge in [0.15, 0.2) is 0 Å². The summed E-state index contributed by atoms with van der Waals surface area (Å²) in [7, 11) is 0. The number of fused-ring (bicyclic) bond motifs is 2. The molecule has 0 saturated carbocycles. The molecule has 2 heteroatoms. The molecule has 1 aromatic carbocycles. The third-order valence-electron chi connectivity index (χ3n) is 5.92. The van der Waals surface area contributed by atoms with Gasteiger partial charge in [-0.05, 0) is 49.8 Å². The summed E-state index contributed by atoms with van der Waals surface area (Å²) in [4.78, 5) is 2.77. The van der Waals surface area contributed by atoms with Crippen LogP contribution in [0.5, 0.6) is 0 Å². The van der Waals surface area contributed by atoms with Crippen molar-refractivity contribution in [3.8, 4) is 0 Å². The summed E-state index contributed by atoms with van der Waals surface area (Å²) in [5.41, 5.74) is 3.55. The SMILES string of the molecule is CC1(C)C2CNCC2CN1CC1Cc2ccccc21. The number of nitrogens with zero attached hydrogens (tertiary/aromatic N) is 1. The van der Waals surface area contributed by atoms with Crippen molar-refractivity contribution in [2.24, 2.45) is 11.8 Å². The van der Waals surface area contributed by atoms with Crippen LogP contribution in [0.15, 0.2) is 24.3 Å². The second-order valence-corrected chi connectivity index (χ2v) is 7.18. The molecule has 2 fully saturated rings. The minimum absolute atomic E-state index is 0.374. The highest BCUT2D eigenvalue weighted by molar-refractivity contribution is 5.40. The van der Waals surface area contributed by atoms with E-state index in [0.29, 0.717) is 5.54 Å². The predicted octanol–water partition coefficient (Wildman–Crippen LogP) is 2.26. The average molecular weight is 256 g/mol. The van der Waals surface area contributed by atoms with Crippen LogP contribution in [0.2, 0.25) is 0 Å². The van der Waals surface area contributed by atoms with Gasteiger partial charge in [0.25, 0.3) is 0 Å². The molecule has 19 heavy (non-hydrogen) atoms. The first kappa shape index (κ1) is 11.9. The Balaban J connectivity index is 1.50. The highest BCUT2D eigenvalue weighted by Gasteiger charge is 2.50. The fraction of sp³-hybridized carbons (Fsp3) is 0.647. The Labute approximate surface area is 116 Å². The molecule has 2 nitrogen and oxygen atoms in total. The second kappa shape index (κ2) is 4.07. The zero-order valence-corrected chi connectivity index (χ0v) is 12.0. The van der Waals surface area contributed by atoms with Gasteiger partial charge in [-0.1, -0.05) is 24.3 Å². The number of nitrogens with one attached hydrogen (secondary N) is 1. The predicted molar refractivity (Wildman–Crippen MR) is 78.4 cm³/mol. The van der Waals surface area contributed by atoms with E-state index in [-0.39, 0.29) is 0 Å². The molecule has 2 heterocycles. The maximum atomic E-state index is 3.57. The van der Waals surface area contributed by atoms with Gasteiger partial charge in [-0.25, -0.2) is 0 Å². The molecule has 1 aromatic rings. The summed E-state index contributed by atoms with van der Waals surface area (Å²) in [6.45, 7) is 9.91. The molecule has 2 saturated heterocycles. The number of hydrogen-bond acceptors (Lipinski definition) is 2. The molecule has 102 valence electrons. The molecule has 3 atom stereocenters. The van der Waals surface area contributed by atoms with Crippen LogP contribution in [-0.2, 0) is 6.42 Å². The zero-order valence-electron chi connectivity index (χ0n) is 12.0. The fourth-order valence-electron chi connectivity index (χ4n) is 4.61. The molecular formula is C17H24N2. The molecule has 0 radical (unpaired) electrons. The average Bonchev–Trinajstić information content (AvgIpc) is 2.90. The molecule has 1 N–H and O–H groups in total. The van der Waals surface area contributed by atoms with Gasteiger partial charge in [0.1, 0.15) is 0 Å². The Morgan fingerprint density at radius 1 is 1.26 bits per heavy atom. The molecule has 0 bridgehead atoms. The number of benzene rings is 1. The zero-order chi connectivity index (χ0) is 13.0.